The van der Waals surface area contributed by atoms with Crippen molar-refractivity contribution in [2.75, 3.05) is 7.11 Å². The maximum Gasteiger partial charge on any atom is 0.103 e. The number of H-pyrrole nitrogens is 1. The molecule has 0 fully saturated rings. The first-order chi connectivity index (χ1) is 4.39. The summed E-state index contributed by atoms with van der Waals surface area (Å²) < 4.78 is 0.780. The molecular formula is C6H9NOS. The molecule has 0 saturated heterocycles. The van der Waals surface area contributed by atoms with Gasteiger partial charge in [0.2, 0.25) is 0 Å². The van der Waals surface area contributed by atoms with Crippen molar-refractivity contribution in [3.05, 3.63) is 29.0 Å². The topological polar surface area (TPSA) is 36.0 Å². The lowest BCUT2D eigenvalue weighted by molar-refractivity contribution is 0.399. The molecule has 0 atom stereocenters. The average molecular weight is 143 g/mol. The molecular weight excluding hydrogens is 134 g/mol. The van der Waals surface area contributed by atoms with Crippen molar-refractivity contribution in [3.8, 4) is 0 Å². The number of pyridine rings is 1. The van der Waals surface area contributed by atoms with Gasteiger partial charge in [-0.15, -0.1) is 0 Å². The molecule has 1 aromatic rings. The van der Waals surface area contributed by atoms with E-state index in [1.807, 2.05) is 24.4 Å². The summed E-state index contributed by atoms with van der Waals surface area (Å²) in [5.74, 6) is 0. The van der Waals surface area contributed by atoms with Crippen LogP contribution in [0.4, 0.5) is 0 Å². The van der Waals surface area contributed by atoms with Gasteiger partial charge in [0, 0.05) is 13.3 Å². The summed E-state index contributed by atoms with van der Waals surface area (Å²) in [5, 5.41) is 7.00. The van der Waals surface area contributed by atoms with Crippen LogP contribution in [0.15, 0.2) is 24.4 Å². The monoisotopic (exact) mass is 143 g/mol. The molecule has 2 nitrogen and oxygen atoms in total. The number of aromatic nitrogens is 1. The minimum Gasteiger partial charge on any atom is -0.400 e. The minimum absolute atomic E-state index is 0.780. The fourth-order valence-corrected chi connectivity index (χ4v) is 0.523. The third kappa shape index (κ3) is 3.88. The molecule has 0 aromatic carbocycles. The normalized spacial score (nSPS) is 7.33. The molecule has 1 aromatic heterocycles. The van der Waals surface area contributed by atoms with Crippen LogP contribution in [0.3, 0.4) is 0 Å². The highest BCUT2D eigenvalue weighted by atomic mass is 32.1. The summed E-state index contributed by atoms with van der Waals surface area (Å²) in [6, 6.07) is 5.64. The van der Waals surface area contributed by atoms with E-state index >= 15 is 0 Å². The highest BCUT2D eigenvalue weighted by molar-refractivity contribution is 7.71. The molecule has 50 valence electrons. The Balaban J connectivity index is 0.000000291. The third-order valence-corrected chi connectivity index (χ3v) is 0.934. The van der Waals surface area contributed by atoms with Gasteiger partial charge in [-0.1, -0.05) is 18.3 Å². The predicted molar refractivity (Wildman–Crippen MR) is 39.8 cm³/mol. The molecule has 0 unspecified atom stereocenters. The van der Waals surface area contributed by atoms with Gasteiger partial charge in [0.15, 0.2) is 0 Å². The van der Waals surface area contributed by atoms with E-state index in [1.54, 1.807) is 0 Å². The predicted octanol–water partition coefficient (Wildman–Crippen LogP) is 1.35. The van der Waals surface area contributed by atoms with Crippen molar-refractivity contribution in [2.24, 2.45) is 0 Å². The van der Waals surface area contributed by atoms with Crippen molar-refractivity contribution in [1.82, 2.24) is 4.98 Å². The highest BCUT2D eigenvalue weighted by Crippen LogP contribution is 1.80. The Hall–Kier alpha value is -0.670. The van der Waals surface area contributed by atoms with Crippen LogP contribution in [-0.4, -0.2) is 17.2 Å². The van der Waals surface area contributed by atoms with Gasteiger partial charge in [-0.3, -0.25) is 0 Å². The van der Waals surface area contributed by atoms with Gasteiger partial charge in [0.25, 0.3) is 0 Å². The lowest BCUT2D eigenvalue weighted by atomic mass is 10.5. The zero-order valence-electron chi connectivity index (χ0n) is 5.16. The van der Waals surface area contributed by atoms with Crippen molar-refractivity contribution < 1.29 is 5.11 Å². The third-order valence-electron chi connectivity index (χ3n) is 0.681. The number of aromatic amines is 1. The van der Waals surface area contributed by atoms with E-state index in [0.29, 0.717) is 0 Å². The smallest absolute Gasteiger partial charge is 0.103 e. The largest absolute Gasteiger partial charge is 0.400 e. The number of hydrogen-bond donors (Lipinski definition) is 2. The first-order valence-electron chi connectivity index (χ1n) is 2.48. The maximum absolute atomic E-state index is 7.00. The van der Waals surface area contributed by atoms with E-state index in [-0.39, 0.29) is 0 Å². The summed E-state index contributed by atoms with van der Waals surface area (Å²) in [5.41, 5.74) is 0. The maximum atomic E-state index is 7.00. The quantitative estimate of drug-likeness (QED) is 0.538. The fraction of sp³-hybridized carbons (Fsp3) is 0.167. The van der Waals surface area contributed by atoms with Crippen LogP contribution in [0.5, 0.6) is 0 Å². The van der Waals surface area contributed by atoms with Gasteiger partial charge < -0.3 is 10.1 Å². The van der Waals surface area contributed by atoms with Crippen molar-refractivity contribution in [3.63, 3.8) is 0 Å². The van der Waals surface area contributed by atoms with Crippen LogP contribution >= 0.6 is 12.2 Å². The van der Waals surface area contributed by atoms with Crippen LogP contribution in [-0.2, 0) is 0 Å². The lowest BCUT2D eigenvalue weighted by Gasteiger charge is -1.76. The number of aliphatic hydroxyl groups is 1. The van der Waals surface area contributed by atoms with Gasteiger partial charge in [-0.05, 0) is 12.1 Å². The van der Waals surface area contributed by atoms with Crippen molar-refractivity contribution >= 4 is 12.2 Å². The molecule has 1 heterocycles. The number of aliphatic hydroxyl groups excluding tert-OH is 1. The summed E-state index contributed by atoms with van der Waals surface area (Å²) in [6.45, 7) is 0. The summed E-state index contributed by atoms with van der Waals surface area (Å²) in [4.78, 5) is 2.85. The van der Waals surface area contributed by atoms with E-state index in [1.165, 1.54) is 0 Å². The van der Waals surface area contributed by atoms with Crippen molar-refractivity contribution in [1.29, 1.82) is 0 Å². The second-order valence-electron chi connectivity index (χ2n) is 1.23. The molecule has 0 amide bonds. The highest BCUT2D eigenvalue weighted by Gasteiger charge is 1.65. The second-order valence-corrected chi connectivity index (χ2v) is 1.67. The first kappa shape index (κ1) is 8.33. The van der Waals surface area contributed by atoms with Crippen LogP contribution in [0.25, 0.3) is 0 Å². The molecule has 0 spiro atoms. The number of rotatable bonds is 0. The fourth-order valence-electron chi connectivity index (χ4n) is 0.377. The van der Waals surface area contributed by atoms with Gasteiger partial charge in [0.05, 0.1) is 0 Å². The zero-order chi connectivity index (χ0) is 7.11. The summed E-state index contributed by atoms with van der Waals surface area (Å²) >= 11 is 4.76. The van der Waals surface area contributed by atoms with Crippen LogP contribution in [0, 0.1) is 4.64 Å². The van der Waals surface area contributed by atoms with Crippen LogP contribution in [0.1, 0.15) is 0 Å². The average Bonchev–Trinajstić information content (AvgIpc) is 1.94. The SMILES string of the molecule is CO.S=c1cccc[nH]1. The molecule has 1 rings (SSSR count). The van der Waals surface area contributed by atoms with E-state index in [2.05, 4.69) is 4.98 Å². The molecule has 0 saturated carbocycles. The number of hydrogen-bond acceptors (Lipinski definition) is 2. The van der Waals surface area contributed by atoms with Gasteiger partial charge in [-0.2, -0.15) is 0 Å². The number of nitrogens with one attached hydrogen (secondary N) is 1. The summed E-state index contributed by atoms with van der Waals surface area (Å²) in [7, 11) is 1.00. The van der Waals surface area contributed by atoms with Crippen molar-refractivity contribution in [2.45, 2.75) is 0 Å². The Kier molecular flexibility index (Phi) is 5.06. The molecule has 3 heteroatoms. The van der Waals surface area contributed by atoms with E-state index in [9.17, 15) is 0 Å². The van der Waals surface area contributed by atoms with E-state index in [0.717, 1.165) is 11.8 Å². The van der Waals surface area contributed by atoms with Gasteiger partial charge in [0.1, 0.15) is 4.64 Å². The second kappa shape index (κ2) is 5.47. The Morgan fingerprint density at radius 2 is 2.11 bits per heavy atom. The van der Waals surface area contributed by atoms with Gasteiger partial charge in [-0.25, -0.2) is 0 Å². The zero-order valence-corrected chi connectivity index (χ0v) is 5.98. The van der Waals surface area contributed by atoms with E-state index in [4.69, 9.17) is 17.3 Å². The Bertz CT molecular complexity index is 179. The molecule has 2 N–H and O–H groups in total. The Labute approximate surface area is 59.2 Å². The van der Waals surface area contributed by atoms with Crippen LogP contribution < -0.4 is 0 Å². The first-order valence-corrected chi connectivity index (χ1v) is 2.89. The molecule has 9 heavy (non-hydrogen) atoms. The standard InChI is InChI=1S/C5H5NS.CH4O/c7-5-3-1-2-4-6-5;1-2/h1-4H,(H,6,7);2H,1H3. The summed E-state index contributed by atoms with van der Waals surface area (Å²) in [6.07, 6.45) is 1.81. The Morgan fingerprint density at radius 1 is 1.44 bits per heavy atom. The molecule has 0 radical (unpaired) electrons. The molecule has 0 aliphatic carbocycles. The minimum atomic E-state index is 0.780. The van der Waals surface area contributed by atoms with Gasteiger partial charge >= 0.3 is 0 Å². The Morgan fingerprint density at radius 3 is 2.33 bits per heavy atom. The van der Waals surface area contributed by atoms with Crippen LogP contribution in [0.2, 0.25) is 0 Å². The lowest BCUT2D eigenvalue weighted by Crippen LogP contribution is -1.64. The molecule has 0 aliphatic heterocycles. The van der Waals surface area contributed by atoms with E-state index < -0.39 is 0 Å². The molecule has 0 bridgehead atoms. The molecule has 0 aliphatic rings.